The first-order chi connectivity index (χ1) is 13.3. The van der Waals surface area contributed by atoms with Gasteiger partial charge in [0.1, 0.15) is 5.41 Å². The van der Waals surface area contributed by atoms with Gasteiger partial charge < -0.3 is 14.7 Å². The van der Waals surface area contributed by atoms with Crippen LogP contribution < -0.4 is 0 Å². The Bertz CT molecular complexity index is 853. The molecule has 1 fully saturated rings. The zero-order chi connectivity index (χ0) is 20.5. The summed E-state index contributed by atoms with van der Waals surface area (Å²) in [6.07, 6.45) is 2.79. The summed E-state index contributed by atoms with van der Waals surface area (Å²) in [5.41, 5.74) is 0.257. The molecule has 1 heterocycles. The van der Waals surface area contributed by atoms with E-state index in [9.17, 15) is 19.5 Å². The third-order valence-electron chi connectivity index (χ3n) is 5.33. The van der Waals surface area contributed by atoms with Crippen molar-refractivity contribution >= 4 is 41.0 Å². The van der Waals surface area contributed by atoms with E-state index in [4.69, 9.17) is 27.9 Å². The van der Waals surface area contributed by atoms with E-state index in [1.54, 1.807) is 25.1 Å². The van der Waals surface area contributed by atoms with Gasteiger partial charge in [0.05, 0.1) is 25.5 Å². The van der Waals surface area contributed by atoms with Gasteiger partial charge in [-0.25, -0.2) is 0 Å². The summed E-state index contributed by atoms with van der Waals surface area (Å²) < 4.78 is 5.30. The first-order valence-corrected chi connectivity index (χ1v) is 9.89. The summed E-state index contributed by atoms with van der Waals surface area (Å²) >= 11 is 12.2. The zero-order valence-electron chi connectivity index (χ0n) is 15.4. The Labute approximate surface area is 173 Å². The first-order valence-electron chi connectivity index (χ1n) is 9.13. The van der Waals surface area contributed by atoms with E-state index in [1.165, 1.54) is 4.90 Å². The highest BCUT2D eigenvalue weighted by Crippen LogP contribution is 2.51. The molecule has 0 unspecified atom stereocenters. The lowest BCUT2D eigenvalue weighted by Crippen LogP contribution is -2.51. The Hall–Kier alpha value is -2.05. The van der Waals surface area contributed by atoms with Crippen molar-refractivity contribution in [3.05, 3.63) is 45.6 Å². The molecule has 3 rings (SSSR count). The van der Waals surface area contributed by atoms with Gasteiger partial charge in [-0.3, -0.25) is 14.4 Å². The molecule has 1 aromatic carbocycles. The van der Waals surface area contributed by atoms with E-state index in [0.717, 1.165) is 0 Å². The summed E-state index contributed by atoms with van der Waals surface area (Å²) in [6, 6.07) is 4.98. The van der Waals surface area contributed by atoms with Crippen LogP contribution in [0.25, 0.3) is 0 Å². The lowest BCUT2D eigenvalue weighted by molar-refractivity contribution is -0.162. The van der Waals surface area contributed by atoms with Gasteiger partial charge in [-0.1, -0.05) is 35.3 Å². The van der Waals surface area contributed by atoms with Crippen LogP contribution in [0.2, 0.25) is 10.0 Å². The second kappa shape index (κ2) is 8.13. The van der Waals surface area contributed by atoms with Crippen LogP contribution in [0.1, 0.15) is 38.2 Å². The average molecular weight is 426 g/mol. The molecule has 0 bridgehead atoms. The van der Waals surface area contributed by atoms with Crippen molar-refractivity contribution in [3.8, 4) is 0 Å². The minimum atomic E-state index is -1.08. The van der Waals surface area contributed by atoms with Gasteiger partial charge in [0, 0.05) is 15.7 Å². The normalized spacial score (nSPS) is 24.0. The number of carbonyl (C=O) groups is 3. The number of carbonyl (C=O) groups excluding carboxylic acids is 2. The van der Waals surface area contributed by atoms with E-state index in [-0.39, 0.29) is 31.9 Å². The molecule has 1 aliphatic heterocycles. The number of aliphatic carboxylic acids is 1. The Morgan fingerprint density at radius 2 is 2.11 bits per heavy atom. The van der Waals surface area contributed by atoms with Crippen LogP contribution in [0, 0.1) is 11.3 Å². The highest BCUT2D eigenvalue weighted by atomic mass is 35.5. The van der Waals surface area contributed by atoms with E-state index < -0.39 is 23.3 Å². The first kappa shape index (κ1) is 20.7. The number of allylic oxidation sites excluding steroid dienone is 1. The lowest BCUT2D eigenvalue weighted by atomic mass is 9.71. The maximum Gasteiger partial charge on any atom is 0.318 e. The number of ether oxygens (including phenoxy) is 1. The minimum absolute atomic E-state index is 0.137. The molecule has 2 atom stereocenters. The van der Waals surface area contributed by atoms with Crippen molar-refractivity contribution in [2.75, 3.05) is 6.61 Å². The van der Waals surface area contributed by atoms with E-state index >= 15 is 0 Å². The van der Waals surface area contributed by atoms with Crippen molar-refractivity contribution < 1.29 is 24.2 Å². The van der Waals surface area contributed by atoms with Crippen LogP contribution >= 0.6 is 23.2 Å². The molecule has 150 valence electrons. The molecule has 1 N–H and O–H groups in total. The number of hydrogen-bond acceptors (Lipinski definition) is 4. The molecule has 8 heteroatoms. The van der Waals surface area contributed by atoms with Gasteiger partial charge in [0.15, 0.2) is 0 Å². The predicted molar refractivity (Wildman–Crippen MR) is 104 cm³/mol. The molecular weight excluding hydrogens is 405 g/mol. The third-order valence-corrected chi connectivity index (χ3v) is 5.92. The Kier molecular flexibility index (Phi) is 6.01. The molecule has 1 saturated heterocycles. The smallest absolute Gasteiger partial charge is 0.318 e. The Balaban J connectivity index is 2.01. The van der Waals surface area contributed by atoms with Gasteiger partial charge in [-0.15, -0.1) is 0 Å². The number of hydrogen-bond donors (Lipinski definition) is 1. The monoisotopic (exact) mass is 425 g/mol. The number of nitrogens with zero attached hydrogens (tertiary/aromatic N) is 1. The van der Waals surface area contributed by atoms with Crippen molar-refractivity contribution in [1.29, 1.82) is 0 Å². The van der Waals surface area contributed by atoms with Crippen molar-refractivity contribution in [1.82, 2.24) is 4.90 Å². The summed E-state index contributed by atoms with van der Waals surface area (Å²) in [5, 5.41) is 10.1. The molecule has 1 aromatic rings. The van der Waals surface area contributed by atoms with E-state index in [0.29, 0.717) is 34.1 Å². The molecule has 0 radical (unpaired) electrons. The van der Waals surface area contributed by atoms with Crippen LogP contribution in [0.4, 0.5) is 0 Å². The fourth-order valence-corrected chi connectivity index (χ4v) is 4.58. The molecule has 0 spiro atoms. The number of likely N-dealkylation sites (tertiary alicyclic amines) is 1. The number of benzene rings is 1. The fraction of sp³-hybridized carbons (Fsp3) is 0.450. The maximum atomic E-state index is 13.1. The second-order valence-corrected chi connectivity index (χ2v) is 7.93. The number of carboxylic acids is 1. The summed E-state index contributed by atoms with van der Waals surface area (Å²) in [4.78, 5) is 38.8. The summed E-state index contributed by atoms with van der Waals surface area (Å²) in [7, 11) is 0. The third kappa shape index (κ3) is 3.76. The molecule has 1 aliphatic carbocycles. The van der Waals surface area contributed by atoms with Gasteiger partial charge >= 0.3 is 11.9 Å². The summed E-state index contributed by atoms with van der Waals surface area (Å²) in [5.74, 6) is -2.61. The maximum absolute atomic E-state index is 13.1. The predicted octanol–water partition coefficient (Wildman–Crippen LogP) is 4.04. The molecule has 0 saturated carbocycles. The summed E-state index contributed by atoms with van der Waals surface area (Å²) in [6.45, 7) is 2.08. The second-order valence-electron chi connectivity index (χ2n) is 7.09. The lowest BCUT2D eigenvalue weighted by Gasteiger charge is -2.44. The van der Waals surface area contributed by atoms with E-state index in [2.05, 4.69) is 0 Å². The quantitative estimate of drug-likeness (QED) is 0.694. The van der Waals surface area contributed by atoms with Crippen LogP contribution in [-0.2, 0) is 25.7 Å². The molecule has 28 heavy (non-hydrogen) atoms. The Morgan fingerprint density at radius 1 is 1.36 bits per heavy atom. The highest BCUT2D eigenvalue weighted by molar-refractivity contribution is 6.35. The van der Waals surface area contributed by atoms with Crippen LogP contribution in [0.15, 0.2) is 30.0 Å². The minimum Gasteiger partial charge on any atom is -0.481 e. The number of piperidine rings is 1. The van der Waals surface area contributed by atoms with Gasteiger partial charge in [0.2, 0.25) is 5.91 Å². The SMILES string of the molecule is CCOC(=O)[C@]12CCC=C1N(Cc1ccc(Cl)cc1Cl)C(=O)[C@@H](CC(=O)O)C2. The molecular formula is C20H21Cl2NO5. The zero-order valence-corrected chi connectivity index (χ0v) is 16.9. The van der Waals surface area contributed by atoms with Gasteiger partial charge in [-0.05, 0) is 43.9 Å². The van der Waals surface area contributed by atoms with Crippen LogP contribution in [0.5, 0.6) is 0 Å². The Morgan fingerprint density at radius 3 is 2.75 bits per heavy atom. The molecule has 2 aliphatic rings. The molecule has 1 amide bonds. The molecule has 6 nitrogen and oxygen atoms in total. The fourth-order valence-electron chi connectivity index (χ4n) is 4.11. The van der Waals surface area contributed by atoms with Crippen LogP contribution in [-0.4, -0.2) is 34.5 Å². The van der Waals surface area contributed by atoms with Crippen LogP contribution in [0.3, 0.4) is 0 Å². The largest absolute Gasteiger partial charge is 0.481 e. The number of fused-ring (bicyclic) bond motifs is 1. The van der Waals surface area contributed by atoms with Crippen molar-refractivity contribution in [3.63, 3.8) is 0 Å². The van der Waals surface area contributed by atoms with Gasteiger partial charge in [-0.2, -0.15) is 0 Å². The molecule has 0 aromatic heterocycles. The number of carboxylic acid groups (broad SMARTS) is 1. The highest BCUT2D eigenvalue weighted by Gasteiger charge is 2.55. The number of rotatable bonds is 6. The number of esters is 1. The van der Waals surface area contributed by atoms with Gasteiger partial charge in [0.25, 0.3) is 0 Å². The topological polar surface area (TPSA) is 83.9 Å². The van der Waals surface area contributed by atoms with Crippen molar-refractivity contribution in [2.45, 2.75) is 39.2 Å². The average Bonchev–Trinajstić information content (AvgIpc) is 3.05. The number of amides is 1. The van der Waals surface area contributed by atoms with Crippen molar-refractivity contribution in [2.24, 2.45) is 11.3 Å². The standard InChI is InChI=1S/C20H21Cl2NO5/c1-2-28-19(27)20-7-3-4-16(20)23(18(26)13(10-20)8-17(24)25)11-12-5-6-14(21)9-15(12)22/h4-6,9,13H,2-3,7-8,10-11H2,1H3,(H,24,25)/t13-,20-/m0/s1. The number of halogens is 2. The van der Waals surface area contributed by atoms with E-state index in [1.807, 2.05) is 6.08 Å².